The van der Waals surface area contributed by atoms with Crippen LogP contribution in [0.1, 0.15) is 5.69 Å². The van der Waals surface area contributed by atoms with Crippen LogP contribution in [0.3, 0.4) is 0 Å². The second-order valence-corrected chi connectivity index (χ2v) is 8.40. The first kappa shape index (κ1) is 15.1. The average molecular weight is 321 g/mol. The summed E-state index contributed by atoms with van der Waals surface area (Å²) in [4.78, 5) is 10.0. The minimum absolute atomic E-state index is 0.0699. The number of nitrogens with zero attached hydrogens (tertiary/aromatic N) is 3. The van der Waals surface area contributed by atoms with Crippen LogP contribution in [0.2, 0.25) is 0 Å². The minimum Gasteiger partial charge on any atom is -0.339 e. The Morgan fingerprint density at radius 2 is 2.00 bits per heavy atom. The van der Waals surface area contributed by atoms with Crippen molar-refractivity contribution in [2.75, 3.05) is 35.8 Å². The van der Waals surface area contributed by atoms with Crippen molar-refractivity contribution in [2.45, 2.75) is 6.61 Å². The van der Waals surface area contributed by atoms with Crippen LogP contribution in [0.25, 0.3) is 0 Å². The summed E-state index contributed by atoms with van der Waals surface area (Å²) >= 11 is 0. The fraction of sp³-hybridized carbons (Fsp3) is 0.600. The quantitative estimate of drug-likeness (QED) is 0.663. The van der Waals surface area contributed by atoms with Gasteiger partial charge in [-0.3, -0.25) is 4.18 Å². The van der Waals surface area contributed by atoms with Gasteiger partial charge < -0.3 is 4.90 Å². The molecule has 20 heavy (non-hydrogen) atoms. The molecule has 1 saturated heterocycles. The van der Waals surface area contributed by atoms with E-state index in [0.717, 1.165) is 6.26 Å². The minimum atomic E-state index is -3.53. The third-order valence-electron chi connectivity index (χ3n) is 2.75. The molecule has 1 aromatic rings. The van der Waals surface area contributed by atoms with Crippen LogP contribution in [0.4, 0.5) is 5.95 Å². The molecule has 0 N–H and O–H groups in total. The number of anilines is 1. The van der Waals surface area contributed by atoms with Gasteiger partial charge in [0.1, 0.15) is 6.61 Å². The van der Waals surface area contributed by atoms with E-state index in [4.69, 9.17) is 0 Å². The second kappa shape index (κ2) is 5.62. The van der Waals surface area contributed by atoms with Crippen molar-refractivity contribution in [2.24, 2.45) is 0 Å². The van der Waals surface area contributed by atoms with E-state index in [2.05, 4.69) is 14.2 Å². The van der Waals surface area contributed by atoms with E-state index in [1.54, 1.807) is 11.0 Å². The lowest BCUT2D eigenvalue weighted by Crippen LogP contribution is -2.41. The van der Waals surface area contributed by atoms with Gasteiger partial charge in [-0.1, -0.05) is 0 Å². The zero-order chi connectivity index (χ0) is 14.8. The zero-order valence-corrected chi connectivity index (χ0v) is 12.5. The van der Waals surface area contributed by atoms with Crippen molar-refractivity contribution in [3.8, 4) is 0 Å². The van der Waals surface area contributed by atoms with Gasteiger partial charge in [0.15, 0.2) is 9.84 Å². The Morgan fingerprint density at radius 1 is 1.35 bits per heavy atom. The number of hydrogen-bond acceptors (Lipinski definition) is 8. The lowest BCUT2D eigenvalue weighted by Gasteiger charge is -2.26. The molecule has 0 spiro atoms. The van der Waals surface area contributed by atoms with Crippen molar-refractivity contribution < 1.29 is 21.0 Å². The molecule has 0 saturated carbocycles. The fourth-order valence-electron chi connectivity index (χ4n) is 1.70. The van der Waals surface area contributed by atoms with E-state index in [1.165, 1.54) is 6.20 Å². The summed E-state index contributed by atoms with van der Waals surface area (Å²) in [5, 5.41) is 0. The normalized spacial score (nSPS) is 18.9. The molecular weight excluding hydrogens is 306 g/mol. The summed E-state index contributed by atoms with van der Waals surface area (Å²) in [6.07, 6.45) is 2.46. The van der Waals surface area contributed by atoms with Crippen LogP contribution in [0, 0.1) is 0 Å². The van der Waals surface area contributed by atoms with Crippen molar-refractivity contribution >= 4 is 25.9 Å². The molecule has 8 nitrogen and oxygen atoms in total. The second-order valence-electron chi connectivity index (χ2n) is 4.45. The Balaban J connectivity index is 2.06. The lowest BCUT2D eigenvalue weighted by atomic mass is 10.4. The molecule has 2 rings (SSSR count). The molecular formula is C10H15N3O5S2. The highest BCUT2D eigenvalue weighted by atomic mass is 32.2. The summed E-state index contributed by atoms with van der Waals surface area (Å²) in [6.45, 7) is 0.498. The van der Waals surface area contributed by atoms with Gasteiger partial charge in [0.05, 0.1) is 23.5 Å². The van der Waals surface area contributed by atoms with Crippen LogP contribution < -0.4 is 4.90 Å². The predicted octanol–water partition coefficient (Wildman–Crippen LogP) is -0.812. The molecule has 0 aliphatic carbocycles. The van der Waals surface area contributed by atoms with E-state index in [9.17, 15) is 16.8 Å². The van der Waals surface area contributed by atoms with E-state index in [1.807, 2.05) is 0 Å². The highest BCUT2D eigenvalue weighted by molar-refractivity contribution is 7.91. The van der Waals surface area contributed by atoms with E-state index < -0.39 is 20.0 Å². The van der Waals surface area contributed by atoms with Crippen LogP contribution in [-0.2, 0) is 30.7 Å². The Labute approximate surface area is 117 Å². The van der Waals surface area contributed by atoms with Crippen molar-refractivity contribution in [3.63, 3.8) is 0 Å². The highest BCUT2D eigenvalue weighted by Gasteiger charge is 2.23. The first-order valence-corrected chi connectivity index (χ1v) is 9.51. The van der Waals surface area contributed by atoms with E-state index in [-0.39, 0.29) is 18.1 Å². The molecule has 0 unspecified atom stereocenters. The fourth-order valence-corrected chi connectivity index (χ4v) is 3.23. The molecule has 0 radical (unpaired) electrons. The average Bonchev–Trinajstić information content (AvgIpc) is 2.36. The Hall–Kier alpha value is -1.26. The largest absolute Gasteiger partial charge is 0.339 e. The molecule has 0 atom stereocenters. The molecule has 0 bridgehead atoms. The van der Waals surface area contributed by atoms with Gasteiger partial charge in [-0.05, 0) is 6.07 Å². The lowest BCUT2D eigenvalue weighted by molar-refractivity contribution is 0.307. The van der Waals surface area contributed by atoms with Gasteiger partial charge in [-0.15, -0.1) is 0 Å². The molecule has 10 heteroatoms. The zero-order valence-electron chi connectivity index (χ0n) is 10.9. The van der Waals surface area contributed by atoms with Gasteiger partial charge in [0.2, 0.25) is 5.95 Å². The first-order chi connectivity index (χ1) is 9.25. The summed E-state index contributed by atoms with van der Waals surface area (Å²) in [6, 6.07) is 1.55. The SMILES string of the molecule is CS(=O)(=O)OCc1ccnc(N2CCS(=O)(=O)CC2)n1. The third-order valence-corrected chi connectivity index (χ3v) is 4.90. The van der Waals surface area contributed by atoms with Crippen LogP contribution in [0.5, 0.6) is 0 Å². The van der Waals surface area contributed by atoms with Crippen LogP contribution in [0.15, 0.2) is 12.3 Å². The smallest absolute Gasteiger partial charge is 0.264 e. The molecule has 1 aliphatic heterocycles. The summed E-state index contributed by atoms with van der Waals surface area (Å²) in [5.74, 6) is 0.524. The maximum Gasteiger partial charge on any atom is 0.264 e. The molecule has 0 aromatic carbocycles. The Morgan fingerprint density at radius 3 is 2.60 bits per heavy atom. The standard InChI is InChI=1S/C10H15N3O5S2/c1-19(14,15)18-8-9-2-3-11-10(12-9)13-4-6-20(16,17)7-5-13/h2-3H,4-8H2,1H3. The summed E-state index contributed by atoms with van der Waals surface area (Å²) < 4.78 is 49.2. The maximum absolute atomic E-state index is 11.4. The van der Waals surface area contributed by atoms with Gasteiger partial charge in [-0.2, -0.15) is 8.42 Å². The third kappa shape index (κ3) is 4.39. The van der Waals surface area contributed by atoms with Gasteiger partial charge in [0, 0.05) is 19.3 Å². The Bertz CT molecular complexity index is 673. The Kier molecular flexibility index (Phi) is 4.25. The highest BCUT2D eigenvalue weighted by Crippen LogP contribution is 2.13. The first-order valence-electron chi connectivity index (χ1n) is 5.87. The van der Waals surface area contributed by atoms with Crippen LogP contribution in [-0.4, -0.2) is 57.7 Å². The van der Waals surface area contributed by atoms with Gasteiger partial charge >= 0.3 is 0 Å². The molecule has 112 valence electrons. The summed E-state index contributed by atoms with van der Waals surface area (Å²) in [5.41, 5.74) is 0.425. The predicted molar refractivity (Wildman–Crippen MR) is 72.5 cm³/mol. The summed E-state index contributed by atoms with van der Waals surface area (Å²) in [7, 11) is -6.49. The molecule has 0 amide bonds. The van der Waals surface area contributed by atoms with Crippen molar-refractivity contribution in [3.05, 3.63) is 18.0 Å². The number of rotatable bonds is 4. The molecule has 1 aliphatic rings. The molecule has 1 aromatic heterocycles. The van der Waals surface area contributed by atoms with Gasteiger partial charge in [0.25, 0.3) is 10.1 Å². The number of hydrogen-bond donors (Lipinski definition) is 0. The number of aromatic nitrogens is 2. The van der Waals surface area contributed by atoms with E-state index >= 15 is 0 Å². The van der Waals surface area contributed by atoms with Crippen molar-refractivity contribution in [1.82, 2.24) is 9.97 Å². The van der Waals surface area contributed by atoms with Crippen molar-refractivity contribution in [1.29, 1.82) is 0 Å². The topological polar surface area (TPSA) is 107 Å². The number of sulfone groups is 1. The molecule has 1 fully saturated rings. The molecule has 2 heterocycles. The van der Waals surface area contributed by atoms with Crippen LogP contribution >= 0.6 is 0 Å². The maximum atomic E-state index is 11.4. The van der Waals surface area contributed by atoms with Gasteiger partial charge in [-0.25, -0.2) is 18.4 Å². The van der Waals surface area contributed by atoms with E-state index in [0.29, 0.717) is 24.7 Å². The monoisotopic (exact) mass is 321 g/mol.